The Bertz CT molecular complexity index is 662. The molecule has 0 spiro atoms. The second-order valence-corrected chi connectivity index (χ2v) is 9.85. The summed E-state index contributed by atoms with van der Waals surface area (Å²) < 4.78 is 22.6. The van der Waals surface area contributed by atoms with Crippen molar-refractivity contribution in [1.29, 1.82) is 0 Å². The van der Waals surface area contributed by atoms with Crippen molar-refractivity contribution in [2.45, 2.75) is 105 Å². The Morgan fingerprint density at radius 2 is 1.45 bits per heavy atom. The highest BCUT2D eigenvalue weighted by atomic mass is 16.6. The lowest BCUT2D eigenvalue weighted by Crippen LogP contribution is -2.47. The molecule has 0 amide bonds. The second kappa shape index (κ2) is 11.1. The summed E-state index contributed by atoms with van der Waals surface area (Å²) in [7, 11) is 0. The Balaban J connectivity index is 3.46. The fourth-order valence-electron chi connectivity index (χ4n) is 3.44. The molecular weight excluding hydrogens is 400 g/mol. The molecule has 3 atom stereocenters. The smallest absolute Gasteiger partial charge is 0.333 e. The molecule has 1 aliphatic rings. The van der Waals surface area contributed by atoms with E-state index in [0.29, 0.717) is 5.57 Å². The van der Waals surface area contributed by atoms with Crippen LogP contribution in [0.15, 0.2) is 11.6 Å². The summed E-state index contributed by atoms with van der Waals surface area (Å²) in [5, 5.41) is 0. The highest BCUT2D eigenvalue weighted by Gasteiger charge is 2.48. The number of esters is 3. The van der Waals surface area contributed by atoms with Gasteiger partial charge in [-0.3, -0.25) is 9.59 Å². The van der Waals surface area contributed by atoms with Gasteiger partial charge in [0.2, 0.25) is 0 Å². The van der Waals surface area contributed by atoms with Crippen molar-refractivity contribution in [3.8, 4) is 0 Å². The van der Waals surface area contributed by atoms with E-state index in [1.165, 1.54) is 0 Å². The molecule has 1 rings (SSSR count). The predicted octanol–water partition coefficient (Wildman–Crippen LogP) is 4.37. The molecule has 1 unspecified atom stereocenters. The quantitative estimate of drug-likeness (QED) is 0.409. The maximum Gasteiger partial charge on any atom is 0.333 e. The SMILES string of the molecule is CCOC(=O)C1=CC(OC(CC)CC)[C@H](C(=O)OC(C)(C)C)[C@@H](C(=O)OC(C)(C)C)C1. The molecule has 0 aromatic carbocycles. The van der Waals surface area contributed by atoms with Crippen LogP contribution in [-0.2, 0) is 33.3 Å². The summed E-state index contributed by atoms with van der Waals surface area (Å²) in [6.45, 7) is 16.5. The zero-order chi connectivity index (χ0) is 24.0. The van der Waals surface area contributed by atoms with E-state index >= 15 is 0 Å². The molecule has 0 aromatic rings. The van der Waals surface area contributed by atoms with Crippen LogP contribution in [0.2, 0.25) is 0 Å². The average Bonchev–Trinajstić information content (AvgIpc) is 2.62. The molecule has 0 aliphatic heterocycles. The number of hydrogen-bond acceptors (Lipinski definition) is 7. The second-order valence-electron chi connectivity index (χ2n) is 9.85. The van der Waals surface area contributed by atoms with Crippen molar-refractivity contribution in [3.63, 3.8) is 0 Å². The molecule has 0 saturated heterocycles. The average molecular weight is 441 g/mol. The molecule has 0 N–H and O–H groups in total. The molecular formula is C24H40O7. The molecule has 0 heterocycles. The number of carbonyl (C=O) groups excluding carboxylic acids is 3. The zero-order valence-electron chi connectivity index (χ0n) is 20.6. The van der Waals surface area contributed by atoms with Crippen LogP contribution in [0.25, 0.3) is 0 Å². The number of hydrogen-bond donors (Lipinski definition) is 0. The van der Waals surface area contributed by atoms with Gasteiger partial charge >= 0.3 is 17.9 Å². The Morgan fingerprint density at radius 1 is 0.935 bits per heavy atom. The summed E-state index contributed by atoms with van der Waals surface area (Å²) in [4.78, 5) is 38.8. The maximum atomic E-state index is 13.2. The van der Waals surface area contributed by atoms with E-state index in [0.717, 1.165) is 12.8 Å². The largest absolute Gasteiger partial charge is 0.463 e. The molecule has 0 saturated carbocycles. The number of ether oxygens (including phenoxy) is 4. The Morgan fingerprint density at radius 3 is 1.90 bits per heavy atom. The van der Waals surface area contributed by atoms with Gasteiger partial charge in [0.05, 0.1) is 24.7 Å². The zero-order valence-corrected chi connectivity index (χ0v) is 20.6. The first-order valence-corrected chi connectivity index (χ1v) is 11.2. The van der Waals surface area contributed by atoms with Gasteiger partial charge in [-0.15, -0.1) is 0 Å². The lowest BCUT2D eigenvalue weighted by Gasteiger charge is -2.37. The van der Waals surface area contributed by atoms with E-state index in [-0.39, 0.29) is 19.1 Å². The van der Waals surface area contributed by atoms with E-state index < -0.39 is 47.0 Å². The van der Waals surface area contributed by atoms with Gasteiger partial charge in [0.1, 0.15) is 17.1 Å². The highest BCUT2D eigenvalue weighted by Crippen LogP contribution is 2.37. The predicted molar refractivity (Wildman–Crippen MR) is 117 cm³/mol. The van der Waals surface area contributed by atoms with Gasteiger partial charge in [0.15, 0.2) is 0 Å². The first kappa shape index (κ1) is 27.1. The first-order valence-electron chi connectivity index (χ1n) is 11.2. The topological polar surface area (TPSA) is 88.1 Å². The molecule has 0 fully saturated rings. The van der Waals surface area contributed by atoms with E-state index in [1.807, 2.05) is 13.8 Å². The van der Waals surface area contributed by atoms with Crippen LogP contribution in [-0.4, -0.2) is 47.9 Å². The van der Waals surface area contributed by atoms with E-state index in [2.05, 4.69) is 0 Å². The molecule has 1 aliphatic carbocycles. The lowest BCUT2D eigenvalue weighted by molar-refractivity contribution is -0.181. The number of carbonyl (C=O) groups is 3. The normalized spacial score (nSPS) is 22.0. The van der Waals surface area contributed by atoms with Crippen LogP contribution in [0, 0.1) is 11.8 Å². The van der Waals surface area contributed by atoms with Crippen LogP contribution in [0.5, 0.6) is 0 Å². The van der Waals surface area contributed by atoms with E-state index in [4.69, 9.17) is 18.9 Å². The molecule has 0 aromatic heterocycles. The fraction of sp³-hybridized carbons (Fsp3) is 0.792. The van der Waals surface area contributed by atoms with Gasteiger partial charge < -0.3 is 18.9 Å². The summed E-state index contributed by atoms with van der Waals surface area (Å²) in [6.07, 6.45) is 2.17. The Labute approximate surface area is 186 Å². The van der Waals surface area contributed by atoms with Crippen molar-refractivity contribution < 1.29 is 33.3 Å². The van der Waals surface area contributed by atoms with Crippen molar-refractivity contribution in [2.75, 3.05) is 6.61 Å². The van der Waals surface area contributed by atoms with Crippen LogP contribution in [0.1, 0.15) is 81.6 Å². The maximum absolute atomic E-state index is 13.2. The van der Waals surface area contributed by atoms with Crippen molar-refractivity contribution in [2.24, 2.45) is 11.8 Å². The van der Waals surface area contributed by atoms with Crippen molar-refractivity contribution >= 4 is 17.9 Å². The minimum Gasteiger partial charge on any atom is -0.463 e. The minimum absolute atomic E-state index is 0.0282. The third kappa shape index (κ3) is 8.63. The summed E-state index contributed by atoms with van der Waals surface area (Å²) in [6, 6.07) is 0. The van der Waals surface area contributed by atoms with Crippen molar-refractivity contribution in [3.05, 3.63) is 11.6 Å². The molecule has 7 heteroatoms. The van der Waals surface area contributed by atoms with Gasteiger partial charge in [-0.25, -0.2) is 4.79 Å². The Kier molecular flexibility index (Phi) is 9.73. The molecule has 0 radical (unpaired) electrons. The van der Waals surface area contributed by atoms with E-state index in [9.17, 15) is 14.4 Å². The van der Waals surface area contributed by atoms with Crippen molar-refractivity contribution in [1.82, 2.24) is 0 Å². The van der Waals surface area contributed by atoms with Crippen LogP contribution in [0.4, 0.5) is 0 Å². The fourth-order valence-corrected chi connectivity index (χ4v) is 3.44. The number of rotatable bonds is 8. The van der Waals surface area contributed by atoms with Crippen LogP contribution < -0.4 is 0 Å². The third-order valence-electron chi connectivity index (χ3n) is 4.78. The molecule has 0 bridgehead atoms. The molecule has 7 nitrogen and oxygen atoms in total. The van der Waals surface area contributed by atoms with Crippen LogP contribution >= 0.6 is 0 Å². The molecule has 178 valence electrons. The minimum atomic E-state index is -0.923. The van der Waals surface area contributed by atoms with Gasteiger partial charge in [0, 0.05) is 5.57 Å². The van der Waals surface area contributed by atoms with Gasteiger partial charge in [0.25, 0.3) is 0 Å². The lowest BCUT2D eigenvalue weighted by atomic mass is 9.77. The summed E-state index contributed by atoms with van der Waals surface area (Å²) in [5.41, 5.74) is -1.17. The third-order valence-corrected chi connectivity index (χ3v) is 4.78. The molecule has 31 heavy (non-hydrogen) atoms. The Hall–Kier alpha value is -1.89. The van der Waals surface area contributed by atoms with Gasteiger partial charge in [-0.2, -0.15) is 0 Å². The monoisotopic (exact) mass is 440 g/mol. The first-order chi connectivity index (χ1) is 14.2. The highest BCUT2D eigenvalue weighted by molar-refractivity contribution is 5.92. The summed E-state index contributed by atoms with van der Waals surface area (Å²) in [5.74, 6) is -3.46. The van der Waals surface area contributed by atoms with Gasteiger partial charge in [-0.1, -0.05) is 13.8 Å². The summed E-state index contributed by atoms with van der Waals surface area (Å²) >= 11 is 0. The standard InChI is InChI=1S/C24H40O7/c1-10-16(11-2)29-18-14-15(20(25)28-12-3)13-17(21(26)30-23(4,5)6)19(18)22(27)31-24(7,8)9/h14,16-19H,10-13H2,1-9H3/t17-,18?,19+/m0/s1. The van der Waals surface area contributed by atoms with E-state index in [1.54, 1.807) is 54.5 Å². The van der Waals surface area contributed by atoms with Gasteiger partial charge in [-0.05, 0) is 73.8 Å². The van der Waals surface area contributed by atoms with Crippen LogP contribution in [0.3, 0.4) is 0 Å².